The molecule has 3 heteroatoms. The zero-order valence-electron chi connectivity index (χ0n) is 9.57. The number of hydrogen-bond acceptors (Lipinski definition) is 3. The van der Waals surface area contributed by atoms with Crippen LogP contribution >= 0.6 is 0 Å². The second kappa shape index (κ2) is 4.18. The van der Waals surface area contributed by atoms with E-state index in [9.17, 15) is 0 Å². The van der Waals surface area contributed by atoms with E-state index in [-0.39, 0.29) is 0 Å². The Labute approximate surface area is 100 Å². The molecule has 0 unspecified atom stereocenters. The molecule has 3 nitrogen and oxygen atoms in total. The van der Waals surface area contributed by atoms with Crippen molar-refractivity contribution in [1.82, 2.24) is 0 Å². The van der Waals surface area contributed by atoms with Crippen LogP contribution in [0.3, 0.4) is 0 Å². The Hall–Kier alpha value is -2.47. The standard InChI is InChI=1S/C14H13N3/c1-9-12(5-6-14(17)13(9)8-15)10-3-2-4-11(16)7-10/h2-7H,16-17H2,1H3. The second-order valence-electron chi connectivity index (χ2n) is 3.94. The molecule has 0 spiro atoms. The lowest BCUT2D eigenvalue weighted by Gasteiger charge is -2.10. The Morgan fingerprint density at radius 3 is 2.53 bits per heavy atom. The maximum absolute atomic E-state index is 9.07. The molecule has 17 heavy (non-hydrogen) atoms. The Balaban J connectivity index is 2.66. The van der Waals surface area contributed by atoms with Crippen LogP contribution in [-0.2, 0) is 0 Å². The summed E-state index contributed by atoms with van der Waals surface area (Å²) in [5.41, 5.74) is 16.1. The van der Waals surface area contributed by atoms with Gasteiger partial charge in [-0.15, -0.1) is 0 Å². The van der Waals surface area contributed by atoms with Gasteiger partial charge in [-0.25, -0.2) is 0 Å². The lowest BCUT2D eigenvalue weighted by atomic mass is 9.95. The molecule has 0 saturated carbocycles. The number of nitrogens with two attached hydrogens (primary N) is 2. The van der Waals surface area contributed by atoms with E-state index in [1.54, 1.807) is 6.07 Å². The van der Waals surface area contributed by atoms with Crippen molar-refractivity contribution in [3.63, 3.8) is 0 Å². The van der Waals surface area contributed by atoms with Crippen molar-refractivity contribution in [2.75, 3.05) is 11.5 Å². The van der Waals surface area contributed by atoms with Crippen molar-refractivity contribution in [2.45, 2.75) is 6.92 Å². The first-order valence-electron chi connectivity index (χ1n) is 5.28. The highest BCUT2D eigenvalue weighted by molar-refractivity contribution is 5.76. The van der Waals surface area contributed by atoms with Gasteiger partial charge in [0, 0.05) is 11.4 Å². The Kier molecular flexibility index (Phi) is 2.71. The Morgan fingerprint density at radius 1 is 1.12 bits per heavy atom. The lowest BCUT2D eigenvalue weighted by molar-refractivity contribution is 1.39. The van der Waals surface area contributed by atoms with Crippen LogP contribution in [-0.4, -0.2) is 0 Å². The van der Waals surface area contributed by atoms with Crippen molar-refractivity contribution in [1.29, 1.82) is 5.26 Å². The predicted molar refractivity (Wildman–Crippen MR) is 70.2 cm³/mol. The summed E-state index contributed by atoms with van der Waals surface area (Å²) in [5, 5.41) is 9.07. The van der Waals surface area contributed by atoms with E-state index in [0.29, 0.717) is 16.9 Å². The van der Waals surface area contributed by atoms with Crippen LogP contribution in [0.2, 0.25) is 0 Å². The van der Waals surface area contributed by atoms with E-state index in [0.717, 1.165) is 16.7 Å². The highest BCUT2D eigenvalue weighted by Crippen LogP contribution is 2.29. The van der Waals surface area contributed by atoms with Gasteiger partial charge in [-0.2, -0.15) is 5.26 Å². The van der Waals surface area contributed by atoms with Crippen molar-refractivity contribution in [3.8, 4) is 17.2 Å². The molecule has 0 fully saturated rings. The second-order valence-corrected chi connectivity index (χ2v) is 3.94. The largest absolute Gasteiger partial charge is 0.399 e. The van der Waals surface area contributed by atoms with Crippen LogP contribution in [0.5, 0.6) is 0 Å². The van der Waals surface area contributed by atoms with Crippen molar-refractivity contribution in [3.05, 3.63) is 47.5 Å². The molecule has 4 N–H and O–H groups in total. The summed E-state index contributed by atoms with van der Waals surface area (Å²) in [4.78, 5) is 0. The SMILES string of the molecule is Cc1c(-c2cccc(N)c2)ccc(N)c1C#N. The van der Waals surface area contributed by atoms with Gasteiger partial charge in [-0.3, -0.25) is 0 Å². The fourth-order valence-corrected chi connectivity index (χ4v) is 1.90. The summed E-state index contributed by atoms with van der Waals surface area (Å²) in [6, 6.07) is 13.4. The van der Waals surface area contributed by atoms with Crippen LogP contribution in [0.25, 0.3) is 11.1 Å². The molecule has 0 aliphatic heterocycles. The third-order valence-corrected chi connectivity index (χ3v) is 2.81. The monoisotopic (exact) mass is 223 g/mol. The topological polar surface area (TPSA) is 75.8 Å². The highest BCUT2D eigenvalue weighted by Gasteiger charge is 2.09. The molecule has 0 atom stereocenters. The van der Waals surface area contributed by atoms with Gasteiger partial charge in [0.2, 0.25) is 0 Å². The number of nitrogens with zero attached hydrogens (tertiary/aromatic N) is 1. The Morgan fingerprint density at radius 2 is 1.88 bits per heavy atom. The smallest absolute Gasteiger partial charge is 0.102 e. The zero-order valence-corrected chi connectivity index (χ0v) is 9.57. The molecule has 0 aliphatic carbocycles. The quantitative estimate of drug-likeness (QED) is 0.730. The maximum Gasteiger partial charge on any atom is 0.102 e. The van der Waals surface area contributed by atoms with Crippen LogP contribution in [0.4, 0.5) is 11.4 Å². The van der Waals surface area contributed by atoms with E-state index < -0.39 is 0 Å². The third kappa shape index (κ3) is 1.93. The molecular formula is C14H13N3. The van der Waals surface area contributed by atoms with E-state index in [1.165, 1.54) is 0 Å². The number of nitriles is 1. The first-order valence-corrected chi connectivity index (χ1v) is 5.28. The Bertz CT molecular complexity index is 609. The average molecular weight is 223 g/mol. The lowest BCUT2D eigenvalue weighted by Crippen LogP contribution is -1.96. The summed E-state index contributed by atoms with van der Waals surface area (Å²) >= 11 is 0. The van der Waals surface area contributed by atoms with Gasteiger partial charge in [0.15, 0.2) is 0 Å². The van der Waals surface area contributed by atoms with Gasteiger partial charge < -0.3 is 11.5 Å². The minimum absolute atomic E-state index is 0.512. The number of benzene rings is 2. The highest BCUT2D eigenvalue weighted by atomic mass is 14.6. The first kappa shape index (κ1) is 11.0. The van der Waals surface area contributed by atoms with Crippen molar-refractivity contribution >= 4 is 11.4 Å². The number of rotatable bonds is 1. The number of nitrogen functional groups attached to an aromatic ring is 2. The molecule has 0 bridgehead atoms. The van der Waals surface area contributed by atoms with Crippen molar-refractivity contribution in [2.24, 2.45) is 0 Å². The maximum atomic E-state index is 9.07. The molecule has 84 valence electrons. The van der Waals surface area contributed by atoms with Crippen LogP contribution in [0.15, 0.2) is 36.4 Å². The molecule has 0 radical (unpaired) electrons. The number of hydrogen-bond donors (Lipinski definition) is 2. The summed E-state index contributed by atoms with van der Waals surface area (Å²) in [6.45, 7) is 1.90. The van der Waals surface area contributed by atoms with E-state index in [1.807, 2.05) is 37.3 Å². The molecule has 2 aromatic rings. The van der Waals surface area contributed by atoms with Crippen LogP contribution in [0, 0.1) is 18.3 Å². The number of anilines is 2. The van der Waals surface area contributed by atoms with Gasteiger partial charge in [0.25, 0.3) is 0 Å². The molecule has 0 heterocycles. The molecule has 2 rings (SSSR count). The van der Waals surface area contributed by atoms with Gasteiger partial charge in [-0.1, -0.05) is 18.2 Å². The summed E-state index contributed by atoms with van der Waals surface area (Å²) in [7, 11) is 0. The van der Waals surface area contributed by atoms with Gasteiger partial charge in [0.05, 0.1) is 5.56 Å². The minimum Gasteiger partial charge on any atom is -0.399 e. The molecule has 0 saturated heterocycles. The van der Waals surface area contributed by atoms with E-state index in [2.05, 4.69) is 6.07 Å². The van der Waals surface area contributed by atoms with Gasteiger partial charge in [0.1, 0.15) is 6.07 Å². The minimum atomic E-state index is 0.512. The van der Waals surface area contributed by atoms with Crippen LogP contribution in [0.1, 0.15) is 11.1 Å². The van der Waals surface area contributed by atoms with E-state index in [4.69, 9.17) is 16.7 Å². The normalized spacial score (nSPS) is 9.88. The average Bonchev–Trinajstić information content (AvgIpc) is 2.29. The third-order valence-electron chi connectivity index (χ3n) is 2.81. The molecule has 0 aliphatic rings. The summed E-state index contributed by atoms with van der Waals surface area (Å²) in [6.07, 6.45) is 0. The summed E-state index contributed by atoms with van der Waals surface area (Å²) in [5.74, 6) is 0. The fourth-order valence-electron chi connectivity index (χ4n) is 1.90. The fraction of sp³-hybridized carbons (Fsp3) is 0.0714. The molecular weight excluding hydrogens is 210 g/mol. The predicted octanol–water partition coefficient (Wildman–Crippen LogP) is 2.70. The van der Waals surface area contributed by atoms with Gasteiger partial charge in [-0.05, 0) is 41.8 Å². The van der Waals surface area contributed by atoms with Crippen LogP contribution < -0.4 is 11.5 Å². The zero-order chi connectivity index (χ0) is 12.4. The van der Waals surface area contributed by atoms with Crippen molar-refractivity contribution < 1.29 is 0 Å². The molecule has 0 amide bonds. The first-order chi connectivity index (χ1) is 8.13. The summed E-state index contributed by atoms with van der Waals surface area (Å²) < 4.78 is 0. The van der Waals surface area contributed by atoms with E-state index >= 15 is 0 Å². The molecule has 2 aromatic carbocycles. The van der Waals surface area contributed by atoms with Gasteiger partial charge >= 0.3 is 0 Å². The molecule has 0 aromatic heterocycles.